The minimum Gasteiger partial charge on any atom is -0.361 e. The zero-order valence-electron chi connectivity index (χ0n) is 11.3. The molecule has 0 spiro atoms. The Morgan fingerprint density at radius 1 is 1.21 bits per heavy atom. The summed E-state index contributed by atoms with van der Waals surface area (Å²) in [7, 11) is 0. The first-order valence-corrected chi connectivity index (χ1v) is 7.07. The van der Waals surface area contributed by atoms with E-state index in [2.05, 4.69) is 17.2 Å². The topological polar surface area (TPSA) is 44.9 Å². The van der Waals surface area contributed by atoms with Gasteiger partial charge in [0.2, 0.25) is 0 Å². The lowest BCUT2D eigenvalue weighted by atomic mass is 9.83. The molecule has 0 radical (unpaired) electrons. The van der Waals surface area contributed by atoms with E-state index in [4.69, 9.17) is 0 Å². The van der Waals surface area contributed by atoms with E-state index in [1.54, 1.807) is 0 Å². The number of carbonyl (C=O) groups is 1. The number of nitrogens with one attached hydrogen (secondary N) is 2. The van der Waals surface area contributed by atoms with Crippen LogP contribution in [0.4, 0.5) is 0 Å². The van der Waals surface area contributed by atoms with Gasteiger partial charge in [-0.1, -0.05) is 25.3 Å². The molecular weight excluding hydrogens is 236 g/mol. The fourth-order valence-corrected chi connectivity index (χ4v) is 3.08. The number of hydrogen-bond donors (Lipinski definition) is 2. The molecule has 2 N–H and O–H groups in total. The van der Waals surface area contributed by atoms with E-state index in [1.165, 1.54) is 19.3 Å². The molecular formula is C16H20N2O. The van der Waals surface area contributed by atoms with E-state index >= 15 is 0 Å². The number of rotatable bonds is 2. The Morgan fingerprint density at radius 3 is 2.79 bits per heavy atom. The molecule has 0 bridgehead atoms. The number of aromatic amines is 1. The quantitative estimate of drug-likeness (QED) is 0.847. The van der Waals surface area contributed by atoms with Gasteiger partial charge in [-0.25, -0.2) is 0 Å². The predicted octanol–water partition coefficient (Wildman–Crippen LogP) is 3.62. The SMILES string of the molecule is CC1(NC(=O)c2cccc3[nH]ccc23)CCCCC1. The third-order valence-corrected chi connectivity index (χ3v) is 4.21. The number of benzene rings is 1. The second-order valence-corrected chi connectivity index (χ2v) is 5.82. The zero-order valence-corrected chi connectivity index (χ0v) is 11.3. The van der Waals surface area contributed by atoms with Gasteiger partial charge in [0.25, 0.3) is 5.91 Å². The van der Waals surface area contributed by atoms with E-state index < -0.39 is 0 Å². The second-order valence-electron chi connectivity index (χ2n) is 5.82. The molecule has 0 unspecified atom stereocenters. The van der Waals surface area contributed by atoms with Gasteiger partial charge in [-0.3, -0.25) is 4.79 Å². The van der Waals surface area contributed by atoms with Crippen LogP contribution in [0.5, 0.6) is 0 Å². The predicted molar refractivity (Wildman–Crippen MR) is 77.3 cm³/mol. The minimum absolute atomic E-state index is 0.0339. The summed E-state index contributed by atoms with van der Waals surface area (Å²) in [6.45, 7) is 2.17. The summed E-state index contributed by atoms with van der Waals surface area (Å²) in [4.78, 5) is 15.7. The molecule has 0 atom stereocenters. The van der Waals surface area contributed by atoms with Crippen LogP contribution in [-0.4, -0.2) is 16.4 Å². The van der Waals surface area contributed by atoms with Crippen LogP contribution in [0.3, 0.4) is 0 Å². The van der Waals surface area contributed by atoms with Crippen LogP contribution < -0.4 is 5.32 Å². The summed E-state index contributed by atoms with van der Waals surface area (Å²) in [5, 5.41) is 4.24. The Hall–Kier alpha value is -1.77. The largest absolute Gasteiger partial charge is 0.361 e. The molecule has 1 fully saturated rings. The highest BCUT2D eigenvalue weighted by Crippen LogP contribution is 2.28. The average molecular weight is 256 g/mol. The monoisotopic (exact) mass is 256 g/mol. The standard InChI is InChI=1S/C16H20N2O/c1-16(9-3-2-4-10-16)18-15(19)13-6-5-7-14-12(13)8-11-17-14/h5-8,11,17H,2-4,9-10H2,1H3,(H,18,19). The molecule has 3 nitrogen and oxygen atoms in total. The third-order valence-electron chi connectivity index (χ3n) is 4.21. The van der Waals surface area contributed by atoms with Gasteiger partial charge in [-0.05, 0) is 38.0 Å². The fourth-order valence-electron chi connectivity index (χ4n) is 3.08. The number of carbonyl (C=O) groups excluding carboxylic acids is 1. The lowest BCUT2D eigenvalue weighted by Crippen LogP contribution is -2.47. The van der Waals surface area contributed by atoms with Crippen molar-refractivity contribution in [2.45, 2.75) is 44.6 Å². The van der Waals surface area contributed by atoms with Crippen molar-refractivity contribution in [2.24, 2.45) is 0 Å². The lowest BCUT2D eigenvalue weighted by Gasteiger charge is -2.34. The van der Waals surface area contributed by atoms with Crippen molar-refractivity contribution in [3.05, 3.63) is 36.0 Å². The summed E-state index contributed by atoms with van der Waals surface area (Å²) < 4.78 is 0. The fraction of sp³-hybridized carbons (Fsp3) is 0.438. The highest BCUT2D eigenvalue weighted by molar-refractivity contribution is 6.06. The molecule has 1 amide bonds. The lowest BCUT2D eigenvalue weighted by molar-refractivity contribution is 0.0884. The van der Waals surface area contributed by atoms with Crippen molar-refractivity contribution in [1.82, 2.24) is 10.3 Å². The molecule has 1 aliphatic carbocycles. The molecule has 19 heavy (non-hydrogen) atoms. The number of amides is 1. The van der Waals surface area contributed by atoms with Gasteiger partial charge in [0, 0.05) is 28.2 Å². The van der Waals surface area contributed by atoms with Crippen molar-refractivity contribution < 1.29 is 4.79 Å². The summed E-state index contributed by atoms with van der Waals surface area (Å²) in [5.41, 5.74) is 1.75. The summed E-state index contributed by atoms with van der Waals surface area (Å²) in [6, 6.07) is 7.79. The van der Waals surface area contributed by atoms with E-state index in [9.17, 15) is 4.79 Å². The third kappa shape index (κ3) is 2.37. The molecule has 3 rings (SSSR count). The maximum absolute atomic E-state index is 12.5. The summed E-state index contributed by atoms with van der Waals surface area (Å²) in [6.07, 6.45) is 7.77. The van der Waals surface area contributed by atoms with Gasteiger partial charge >= 0.3 is 0 Å². The zero-order chi connectivity index (χ0) is 13.3. The van der Waals surface area contributed by atoms with E-state index in [-0.39, 0.29) is 11.4 Å². The first kappa shape index (κ1) is 12.3. The van der Waals surface area contributed by atoms with Gasteiger partial charge in [0.05, 0.1) is 0 Å². The van der Waals surface area contributed by atoms with Crippen LogP contribution in [0.2, 0.25) is 0 Å². The van der Waals surface area contributed by atoms with Gasteiger partial charge in [0.1, 0.15) is 0 Å². The number of hydrogen-bond acceptors (Lipinski definition) is 1. The first-order valence-electron chi connectivity index (χ1n) is 7.07. The molecule has 1 aliphatic rings. The molecule has 1 aromatic carbocycles. The van der Waals surface area contributed by atoms with Crippen LogP contribution in [-0.2, 0) is 0 Å². The normalized spacial score (nSPS) is 18.4. The Labute approximate surface area is 113 Å². The summed E-state index contributed by atoms with van der Waals surface area (Å²) >= 11 is 0. The Balaban J connectivity index is 1.85. The van der Waals surface area contributed by atoms with E-state index in [1.807, 2.05) is 30.5 Å². The van der Waals surface area contributed by atoms with Crippen LogP contribution in [0, 0.1) is 0 Å². The van der Waals surface area contributed by atoms with E-state index in [0.717, 1.165) is 29.3 Å². The van der Waals surface area contributed by atoms with Gasteiger partial charge in [0.15, 0.2) is 0 Å². The molecule has 1 saturated carbocycles. The van der Waals surface area contributed by atoms with Crippen LogP contribution in [0.1, 0.15) is 49.4 Å². The first-order chi connectivity index (χ1) is 9.18. The van der Waals surface area contributed by atoms with Crippen molar-refractivity contribution in [1.29, 1.82) is 0 Å². The van der Waals surface area contributed by atoms with Crippen molar-refractivity contribution >= 4 is 16.8 Å². The highest BCUT2D eigenvalue weighted by Gasteiger charge is 2.29. The van der Waals surface area contributed by atoms with Crippen molar-refractivity contribution in [3.8, 4) is 0 Å². The number of fused-ring (bicyclic) bond motifs is 1. The number of H-pyrrole nitrogens is 1. The Bertz CT molecular complexity index is 594. The van der Waals surface area contributed by atoms with Crippen LogP contribution in [0.25, 0.3) is 10.9 Å². The minimum atomic E-state index is -0.0339. The molecule has 1 heterocycles. The number of aromatic nitrogens is 1. The Morgan fingerprint density at radius 2 is 2.00 bits per heavy atom. The maximum atomic E-state index is 12.5. The average Bonchev–Trinajstić information content (AvgIpc) is 2.86. The summed E-state index contributed by atoms with van der Waals surface area (Å²) in [5.74, 6) is 0.0506. The second kappa shape index (κ2) is 4.72. The molecule has 0 saturated heterocycles. The van der Waals surface area contributed by atoms with Crippen LogP contribution in [0.15, 0.2) is 30.5 Å². The van der Waals surface area contributed by atoms with Gasteiger partial charge in [-0.2, -0.15) is 0 Å². The molecule has 100 valence electrons. The smallest absolute Gasteiger partial charge is 0.252 e. The van der Waals surface area contributed by atoms with Crippen molar-refractivity contribution in [3.63, 3.8) is 0 Å². The molecule has 0 aliphatic heterocycles. The molecule has 3 heteroatoms. The maximum Gasteiger partial charge on any atom is 0.252 e. The molecule has 2 aromatic rings. The van der Waals surface area contributed by atoms with Crippen molar-refractivity contribution in [2.75, 3.05) is 0 Å². The Kier molecular flexibility index (Phi) is 3.05. The van der Waals surface area contributed by atoms with E-state index in [0.29, 0.717) is 0 Å². The highest BCUT2D eigenvalue weighted by atomic mass is 16.1. The van der Waals surface area contributed by atoms with Crippen LogP contribution >= 0.6 is 0 Å². The van der Waals surface area contributed by atoms with Gasteiger partial charge in [-0.15, -0.1) is 0 Å². The van der Waals surface area contributed by atoms with Gasteiger partial charge < -0.3 is 10.3 Å². The molecule has 1 aromatic heterocycles.